The number of hydrogen-bond acceptors (Lipinski definition) is 4. The third-order valence-electron chi connectivity index (χ3n) is 3.98. The Kier molecular flexibility index (Phi) is 6.19. The minimum atomic E-state index is -3.51. The fourth-order valence-corrected chi connectivity index (χ4v) is 4.61. The lowest BCUT2D eigenvalue weighted by Crippen LogP contribution is -2.26. The predicted molar refractivity (Wildman–Crippen MR) is 108 cm³/mol. The lowest BCUT2D eigenvalue weighted by atomic mass is 10.1. The summed E-state index contributed by atoms with van der Waals surface area (Å²) in [5, 5.41) is 1.81. The van der Waals surface area contributed by atoms with E-state index < -0.39 is 10.0 Å². The fourth-order valence-electron chi connectivity index (χ4n) is 2.59. The highest BCUT2D eigenvalue weighted by molar-refractivity contribution is 7.98. The summed E-state index contributed by atoms with van der Waals surface area (Å²) in [4.78, 5) is 0.281. The molecule has 0 spiro atoms. The van der Waals surface area contributed by atoms with Crippen molar-refractivity contribution in [2.75, 3.05) is 19.4 Å². The van der Waals surface area contributed by atoms with Crippen molar-refractivity contribution in [1.82, 2.24) is 4.72 Å². The lowest BCUT2D eigenvalue weighted by Gasteiger charge is -2.09. The average Bonchev–Trinajstić information content (AvgIpc) is 2.67. The van der Waals surface area contributed by atoms with Crippen LogP contribution in [0.2, 0.25) is 0 Å². The van der Waals surface area contributed by atoms with Gasteiger partial charge < -0.3 is 4.74 Å². The molecule has 0 radical (unpaired) electrons. The molecule has 3 aromatic carbocycles. The van der Waals surface area contributed by atoms with Gasteiger partial charge in [0.15, 0.2) is 0 Å². The monoisotopic (exact) mass is 387 g/mol. The predicted octanol–water partition coefficient (Wildman–Crippen LogP) is 4.06. The van der Waals surface area contributed by atoms with Crippen LogP contribution < -0.4 is 9.46 Å². The molecule has 4 nitrogen and oxygen atoms in total. The minimum absolute atomic E-state index is 0.281. The smallest absolute Gasteiger partial charge is 0.240 e. The highest BCUT2D eigenvalue weighted by atomic mass is 32.2. The first kappa shape index (κ1) is 18.8. The van der Waals surface area contributed by atoms with Crippen LogP contribution in [0, 0.1) is 0 Å². The van der Waals surface area contributed by atoms with Crippen LogP contribution in [0.4, 0.5) is 0 Å². The van der Waals surface area contributed by atoms with Gasteiger partial charge in [-0.15, -0.1) is 0 Å². The van der Waals surface area contributed by atoms with Gasteiger partial charge in [-0.25, -0.2) is 13.1 Å². The highest BCUT2D eigenvalue weighted by Crippen LogP contribution is 2.23. The summed E-state index contributed by atoms with van der Waals surface area (Å²) in [7, 11) is -1.90. The molecule has 0 aliphatic carbocycles. The summed E-state index contributed by atoms with van der Waals surface area (Å²) in [6, 6.07) is 20.8. The Labute approximate surface area is 158 Å². The molecule has 0 aliphatic rings. The van der Waals surface area contributed by atoms with Crippen molar-refractivity contribution in [3.63, 3.8) is 0 Å². The van der Waals surface area contributed by atoms with E-state index in [0.29, 0.717) is 6.54 Å². The maximum Gasteiger partial charge on any atom is 0.240 e. The van der Waals surface area contributed by atoms with Gasteiger partial charge in [-0.3, -0.25) is 0 Å². The first-order chi connectivity index (χ1) is 12.6. The van der Waals surface area contributed by atoms with Crippen LogP contribution in [0.3, 0.4) is 0 Å². The second-order valence-corrected chi connectivity index (χ2v) is 8.68. The molecule has 0 bridgehead atoms. The van der Waals surface area contributed by atoms with Crippen LogP contribution in [-0.4, -0.2) is 27.8 Å². The molecule has 3 aromatic rings. The topological polar surface area (TPSA) is 55.4 Å². The summed E-state index contributed by atoms with van der Waals surface area (Å²) in [6.45, 7) is 0.403. The van der Waals surface area contributed by atoms with Crippen LogP contribution in [0.1, 0.15) is 5.56 Å². The zero-order valence-electron chi connectivity index (χ0n) is 14.5. The van der Waals surface area contributed by atoms with Gasteiger partial charge in [0.05, 0.1) is 12.0 Å². The van der Waals surface area contributed by atoms with Gasteiger partial charge in [0.2, 0.25) is 10.0 Å². The van der Waals surface area contributed by atoms with Crippen molar-refractivity contribution in [3.05, 3.63) is 72.3 Å². The summed E-state index contributed by atoms with van der Waals surface area (Å²) < 4.78 is 32.8. The van der Waals surface area contributed by atoms with Gasteiger partial charge in [0.25, 0.3) is 0 Å². The Morgan fingerprint density at radius 2 is 1.69 bits per heavy atom. The fraction of sp³-hybridized carbons (Fsp3) is 0.200. The van der Waals surface area contributed by atoms with Crippen molar-refractivity contribution >= 4 is 32.6 Å². The Hall–Kier alpha value is -2.02. The summed E-state index contributed by atoms with van der Waals surface area (Å²) in [6.07, 6.45) is 0. The Bertz CT molecular complexity index is 973. The number of rotatable bonds is 8. The number of hydrogen-bond donors (Lipinski definition) is 1. The molecule has 136 valence electrons. The quantitative estimate of drug-likeness (QED) is 0.592. The molecule has 0 unspecified atom stereocenters. The number of benzene rings is 3. The van der Waals surface area contributed by atoms with Crippen molar-refractivity contribution in [2.24, 2.45) is 0 Å². The second-order valence-electron chi connectivity index (χ2n) is 5.81. The van der Waals surface area contributed by atoms with Gasteiger partial charge in [-0.1, -0.05) is 42.5 Å². The van der Waals surface area contributed by atoms with E-state index in [1.807, 2.05) is 36.4 Å². The molecule has 26 heavy (non-hydrogen) atoms. The Balaban J connectivity index is 1.58. The van der Waals surface area contributed by atoms with Crippen molar-refractivity contribution in [1.29, 1.82) is 0 Å². The molecular formula is C20H21NO3S2. The van der Waals surface area contributed by atoms with Crippen LogP contribution in [0.15, 0.2) is 71.6 Å². The molecule has 1 N–H and O–H groups in total. The van der Waals surface area contributed by atoms with E-state index in [2.05, 4.69) is 16.9 Å². The second kappa shape index (κ2) is 8.58. The van der Waals surface area contributed by atoms with Crippen molar-refractivity contribution in [2.45, 2.75) is 10.6 Å². The first-order valence-corrected chi connectivity index (χ1v) is 10.9. The van der Waals surface area contributed by atoms with Crippen molar-refractivity contribution < 1.29 is 13.2 Å². The average molecular weight is 388 g/mol. The van der Waals surface area contributed by atoms with Crippen LogP contribution in [-0.2, 0) is 15.8 Å². The molecule has 0 amide bonds. The van der Waals surface area contributed by atoms with E-state index in [4.69, 9.17) is 4.74 Å². The van der Waals surface area contributed by atoms with Crippen LogP contribution in [0.25, 0.3) is 10.8 Å². The maximum atomic E-state index is 12.5. The highest BCUT2D eigenvalue weighted by Gasteiger charge is 2.14. The number of sulfonamides is 1. The zero-order chi connectivity index (χ0) is 18.4. The Morgan fingerprint density at radius 1 is 0.962 bits per heavy atom. The molecular weight excluding hydrogens is 366 g/mol. The number of fused-ring (bicyclic) bond motifs is 1. The first-order valence-electron chi connectivity index (χ1n) is 8.28. The molecule has 0 aromatic heterocycles. The molecule has 6 heteroatoms. The lowest BCUT2D eigenvalue weighted by molar-refractivity contribution is 0.415. The number of nitrogens with one attached hydrogen (secondary N) is 1. The van der Waals surface area contributed by atoms with Gasteiger partial charge in [-0.05, 0) is 40.6 Å². The SMILES string of the molecule is COc1ccc2cc(S(=O)(=O)NCCSCc3ccccc3)ccc2c1. The van der Waals surface area contributed by atoms with Crippen LogP contribution >= 0.6 is 11.8 Å². The van der Waals surface area contributed by atoms with E-state index in [1.165, 1.54) is 5.56 Å². The molecule has 0 atom stereocenters. The van der Waals surface area contributed by atoms with Gasteiger partial charge >= 0.3 is 0 Å². The Morgan fingerprint density at radius 3 is 2.46 bits per heavy atom. The number of ether oxygens (including phenoxy) is 1. The zero-order valence-corrected chi connectivity index (χ0v) is 16.1. The molecule has 0 saturated carbocycles. The molecule has 0 saturated heterocycles. The third kappa shape index (κ3) is 4.78. The van der Waals surface area contributed by atoms with E-state index in [1.54, 1.807) is 37.1 Å². The third-order valence-corrected chi connectivity index (χ3v) is 6.47. The largest absolute Gasteiger partial charge is 0.497 e. The maximum absolute atomic E-state index is 12.5. The van der Waals surface area contributed by atoms with Crippen LogP contribution in [0.5, 0.6) is 5.75 Å². The van der Waals surface area contributed by atoms with E-state index >= 15 is 0 Å². The van der Waals surface area contributed by atoms with Gasteiger partial charge in [0, 0.05) is 18.1 Å². The van der Waals surface area contributed by atoms with Gasteiger partial charge in [-0.2, -0.15) is 11.8 Å². The summed E-state index contributed by atoms with van der Waals surface area (Å²) >= 11 is 1.71. The molecule has 0 heterocycles. The minimum Gasteiger partial charge on any atom is -0.497 e. The van der Waals surface area contributed by atoms with E-state index in [-0.39, 0.29) is 4.90 Å². The number of methoxy groups -OCH3 is 1. The molecule has 3 rings (SSSR count). The van der Waals surface area contributed by atoms with Gasteiger partial charge in [0.1, 0.15) is 5.75 Å². The standard InChI is InChI=1S/C20H21NO3S2/c1-24-19-9-7-18-14-20(10-8-17(18)13-19)26(22,23)21-11-12-25-15-16-5-3-2-4-6-16/h2-10,13-14,21H,11-12,15H2,1H3. The summed E-state index contributed by atoms with van der Waals surface area (Å²) in [5.74, 6) is 2.35. The van der Waals surface area contributed by atoms with E-state index in [9.17, 15) is 8.42 Å². The normalized spacial score (nSPS) is 11.6. The number of thioether (sulfide) groups is 1. The molecule has 0 aliphatic heterocycles. The summed E-state index contributed by atoms with van der Waals surface area (Å²) in [5.41, 5.74) is 1.24. The van der Waals surface area contributed by atoms with E-state index in [0.717, 1.165) is 28.0 Å². The molecule has 0 fully saturated rings. The van der Waals surface area contributed by atoms with Crippen molar-refractivity contribution in [3.8, 4) is 5.75 Å².